The van der Waals surface area contributed by atoms with Gasteiger partial charge in [0, 0.05) is 31.3 Å². The summed E-state index contributed by atoms with van der Waals surface area (Å²) in [5, 5.41) is 13.8. The lowest BCUT2D eigenvalue weighted by atomic mass is 10.2. The van der Waals surface area contributed by atoms with E-state index >= 15 is 0 Å². The Morgan fingerprint density at radius 2 is 2.05 bits per heavy atom. The summed E-state index contributed by atoms with van der Waals surface area (Å²) in [6.45, 7) is 4.33. The van der Waals surface area contributed by atoms with Gasteiger partial charge in [-0.25, -0.2) is 0 Å². The number of nitrogens with zero attached hydrogens (tertiary/aromatic N) is 2. The van der Waals surface area contributed by atoms with Gasteiger partial charge in [0.2, 0.25) is 5.91 Å². The molecule has 0 fully saturated rings. The Labute approximate surface area is 112 Å². The Morgan fingerprint density at radius 3 is 2.63 bits per heavy atom. The first-order chi connectivity index (χ1) is 8.93. The number of hydrogen-bond acceptors (Lipinski definition) is 4. The number of amides is 1. The van der Waals surface area contributed by atoms with E-state index in [0.717, 1.165) is 0 Å². The zero-order valence-corrected chi connectivity index (χ0v) is 11.4. The molecule has 104 valence electrons. The Bertz CT molecular complexity index is 460. The topological polar surface area (TPSA) is 75.5 Å². The second-order valence-corrected chi connectivity index (χ2v) is 4.59. The van der Waals surface area contributed by atoms with Crippen molar-refractivity contribution < 1.29 is 9.72 Å². The first-order valence-corrected chi connectivity index (χ1v) is 6.12. The Kier molecular flexibility index (Phi) is 5.44. The second kappa shape index (κ2) is 6.84. The fourth-order valence-electron chi connectivity index (χ4n) is 1.56. The van der Waals surface area contributed by atoms with Crippen LogP contribution < -0.4 is 5.32 Å². The average Bonchev–Trinajstić information content (AvgIpc) is 2.37. The normalized spacial score (nSPS) is 10.5. The van der Waals surface area contributed by atoms with E-state index < -0.39 is 4.92 Å². The number of likely N-dealkylation sites (N-methyl/N-ethyl adjacent to an activating group) is 1. The molecule has 1 N–H and O–H groups in total. The molecular formula is C13H19N3O3. The van der Waals surface area contributed by atoms with Crippen LogP contribution in [0.3, 0.4) is 0 Å². The second-order valence-electron chi connectivity index (χ2n) is 4.59. The fraction of sp³-hybridized carbons (Fsp3) is 0.462. The molecule has 6 nitrogen and oxygen atoms in total. The number of carbonyl (C=O) groups excluding carboxylic acids is 1. The average molecular weight is 265 g/mol. The van der Waals surface area contributed by atoms with Crippen molar-refractivity contribution in [2.45, 2.75) is 26.4 Å². The van der Waals surface area contributed by atoms with E-state index in [1.165, 1.54) is 6.07 Å². The molecule has 19 heavy (non-hydrogen) atoms. The zero-order valence-electron chi connectivity index (χ0n) is 11.4. The molecule has 0 aliphatic heterocycles. The third-order valence-electron chi connectivity index (χ3n) is 2.95. The monoisotopic (exact) mass is 265 g/mol. The smallest absolute Gasteiger partial charge is 0.273 e. The van der Waals surface area contributed by atoms with Crippen molar-refractivity contribution in [1.29, 1.82) is 0 Å². The number of hydrogen-bond donors (Lipinski definition) is 1. The van der Waals surface area contributed by atoms with E-state index in [0.29, 0.717) is 12.1 Å². The highest BCUT2D eigenvalue weighted by atomic mass is 16.6. The summed E-state index contributed by atoms with van der Waals surface area (Å²) >= 11 is 0. The van der Waals surface area contributed by atoms with Crippen molar-refractivity contribution in [2.75, 3.05) is 13.6 Å². The van der Waals surface area contributed by atoms with E-state index in [2.05, 4.69) is 5.32 Å². The lowest BCUT2D eigenvalue weighted by Crippen LogP contribution is -2.39. The van der Waals surface area contributed by atoms with E-state index in [9.17, 15) is 14.9 Å². The molecule has 0 atom stereocenters. The Morgan fingerprint density at radius 1 is 1.42 bits per heavy atom. The molecule has 0 radical (unpaired) electrons. The van der Waals surface area contributed by atoms with Crippen molar-refractivity contribution in [2.24, 2.45) is 0 Å². The Hall–Kier alpha value is -1.95. The molecule has 0 aromatic heterocycles. The first-order valence-electron chi connectivity index (χ1n) is 6.12. The maximum absolute atomic E-state index is 11.7. The molecule has 1 aromatic carbocycles. The summed E-state index contributed by atoms with van der Waals surface area (Å²) < 4.78 is 0. The number of para-hydroxylation sites is 1. The van der Waals surface area contributed by atoms with Crippen LogP contribution >= 0.6 is 0 Å². The van der Waals surface area contributed by atoms with Crippen molar-refractivity contribution >= 4 is 11.6 Å². The summed E-state index contributed by atoms with van der Waals surface area (Å²) in [5.41, 5.74) is 0.646. The highest BCUT2D eigenvalue weighted by molar-refractivity contribution is 5.78. The van der Waals surface area contributed by atoms with Gasteiger partial charge in [-0.1, -0.05) is 18.2 Å². The third kappa shape index (κ3) is 4.33. The number of rotatable bonds is 6. The number of benzene rings is 1. The van der Waals surface area contributed by atoms with Crippen molar-refractivity contribution in [3.8, 4) is 0 Å². The predicted octanol–water partition coefficient (Wildman–Crippen LogP) is 1.55. The van der Waals surface area contributed by atoms with E-state index in [1.54, 1.807) is 30.1 Å². The van der Waals surface area contributed by atoms with Crippen LogP contribution in [0.2, 0.25) is 0 Å². The molecule has 0 bridgehead atoms. The third-order valence-corrected chi connectivity index (χ3v) is 2.95. The molecule has 0 aliphatic carbocycles. The highest BCUT2D eigenvalue weighted by Crippen LogP contribution is 2.16. The molecule has 1 amide bonds. The summed E-state index contributed by atoms with van der Waals surface area (Å²) in [6, 6.07) is 6.65. The van der Waals surface area contributed by atoms with Gasteiger partial charge in [-0.2, -0.15) is 0 Å². The fourth-order valence-corrected chi connectivity index (χ4v) is 1.56. The van der Waals surface area contributed by atoms with Crippen LogP contribution in [0.5, 0.6) is 0 Å². The molecule has 0 saturated carbocycles. The van der Waals surface area contributed by atoms with Crippen LogP contribution in [0.1, 0.15) is 19.4 Å². The van der Waals surface area contributed by atoms with Crippen molar-refractivity contribution in [1.82, 2.24) is 10.2 Å². The number of nitro benzene ring substituents is 1. The summed E-state index contributed by atoms with van der Waals surface area (Å²) in [5.74, 6) is -0.0337. The minimum atomic E-state index is -0.418. The largest absolute Gasteiger partial charge is 0.342 e. The van der Waals surface area contributed by atoms with Crippen LogP contribution in [0.4, 0.5) is 5.69 Å². The van der Waals surface area contributed by atoms with Gasteiger partial charge in [-0.05, 0) is 13.8 Å². The summed E-state index contributed by atoms with van der Waals surface area (Å²) in [4.78, 5) is 23.8. The number of nitrogens with one attached hydrogen (secondary N) is 1. The summed E-state index contributed by atoms with van der Waals surface area (Å²) in [7, 11) is 1.74. The lowest BCUT2D eigenvalue weighted by molar-refractivity contribution is -0.385. The van der Waals surface area contributed by atoms with Gasteiger partial charge in [-0.15, -0.1) is 0 Å². The SMILES string of the molecule is CC(C)N(C)C(=O)CNCc1ccccc1[N+](=O)[O-]. The molecule has 0 saturated heterocycles. The van der Waals surface area contributed by atoms with Gasteiger partial charge < -0.3 is 10.2 Å². The van der Waals surface area contributed by atoms with Crippen LogP contribution in [0.15, 0.2) is 24.3 Å². The predicted molar refractivity (Wildman–Crippen MR) is 72.7 cm³/mol. The van der Waals surface area contributed by atoms with Gasteiger partial charge in [0.15, 0.2) is 0 Å². The quantitative estimate of drug-likeness (QED) is 0.625. The standard InChI is InChI=1S/C13H19N3O3/c1-10(2)15(3)13(17)9-14-8-11-6-4-5-7-12(11)16(18)19/h4-7,10,14H,8-9H2,1-3H3. The van der Waals surface area contributed by atoms with Crippen molar-refractivity contribution in [3.05, 3.63) is 39.9 Å². The molecule has 0 spiro atoms. The van der Waals surface area contributed by atoms with Crippen LogP contribution in [0, 0.1) is 10.1 Å². The summed E-state index contributed by atoms with van der Waals surface area (Å²) in [6.07, 6.45) is 0. The lowest BCUT2D eigenvalue weighted by Gasteiger charge is -2.21. The highest BCUT2D eigenvalue weighted by Gasteiger charge is 2.14. The number of nitro groups is 1. The van der Waals surface area contributed by atoms with Gasteiger partial charge in [-0.3, -0.25) is 14.9 Å². The van der Waals surface area contributed by atoms with Gasteiger partial charge in [0.05, 0.1) is 11.5 Å². The van der Waals surface area contributed by atoms with Gasteiger partial charge >= 0.3 is 0 Å². The molecule has 1 rings (SSSR count). The van der Waals surface area contributed by atoms with Crippen LogP contribution in [-0.4, -0.2) is 35.4 Å². The molecule has 1 aromatic rings. The Balaban J connectivity index is 2.54. The molecule has 0 unspecified atom stereocenters. The van der Waals surface area contributed by atoms with Gasteiger partial charge in [0.1, 0.15) is 0 Å². The van der Waals surface area contributed by atoms with E-state index in [-0.39, 0.29) is 24.2 Å². The molecule has 6 heteroatoms. The van der Waals surface area contributed by atoms with Crippen molar-refractivity contribution in [3.63, 3.8) is 0 Å². The molecule has 0 heterocycles. The van der Waals surface area contributed by atoms with Crippen LogP contribution in [-0.2, 0) is 11.3 Å². The van der Waals surface area contributed by atoms with E-state index in [4.69, 9.17) is 0 Å². The first kappa shape index (κ1) is 15.1. The van der Waals surface area contributed by atoms with Crippen LogP contribution in [0.25, 0.3) is 0 Å². The minimum absolute atomic E-state index is 0.0337. The zero-order chi connectivity index (χ0) is 14.4. The maximum atomic E-state index is 11.7. The van der Waals surface area contributed by atoms with E-state index in [1.807, 2.05) is 13.8 Å². The maximum Gasteiger partial charge on any atom is 0.273 e. The van der Waals surface area contributed by atoms with Gasteiger partial charge in [0.25, 0.3) is 5.69 Å². The molecule has 0 aliphatic rings. The minimum Gasteiger partial charge on any atom is -0.342 e. The molecular weight excluding hydrogens is 246 g/mol. The number of carbonyl (C=O) groups is 1.